The molecule has 0 aliphatic heterocycles. The number of amides is 1. The predicted octanol–water partition coefficient (Wildman–Crippen LogP) is 3.61. The van der Waals surface area contributed by atoms with Crippen molar-refractivity contribution in [2.75, 3.05) is 36.2 Å². The van der Waals surface area contributed by atoms with Gasteiger partial charge in [-0.1, -0.05) is 12.1 Å². The molecule has 3 aromatic rings. The lowest BCUT2D eigenvalue weighted by molar-refractivity contribution is -0.118. The second-order valence-corrected chi connectivity index (χ2v) is 6.55. The molecule has 0 aliphatic rings. The van der Waals surface area contributed by atoms with Gasteiger partial charge in [-0.05, 0) is 48.9 Å². The van der Waals surface area contributed by atoms with E-state index < -0.39 is 0 Å². The van der Waals surface area contributed by atoms with Crippen molar-refractivity contribution in [3.63, 3.8) is 0 Å². The van der Waals surface area contributed by atoms with Gasteiger partial charge in [-0.2, -0.15) is 5.10 Å². The monoisotopic (exact) mass is 377 g/mol. The zero-order valence-corrected chi connectivity index (χ0v) is 16.1. The van der Waals surface area contributed by atoms with E-state index in [0.29, 0.717) is 17.3 Å². The highest BCUT2D eigenvalue weighted by molar-refractivity contribution is 5.92. The molecule has 0 fully saturated rings. The van der Waals surface area contributed by atoms with Gasteiger partial charge in [0.15, 0.2) is 12.4 Å². The fraction of sp³-hybridized carbons (Fsp3) is 0.190. The number of nitrogens with one attached hydrogen (secondary N) is 2. The number of aryl methyl sites for hydroxylation is 1. The highest BCUT2D eigenvalue weighted by Gasteiger charge is 2.05. The quantitative estimate of drug-likeness (QED) is 0.655. The molecule has 1 amide bonds. The molecule has 0 bridgehead atoms. The van der Waals surface area contributed by atoms with Crippen molar-refractivity contribution in [3.05, 3.63) is 66.4 Å². The van der Waals surface area contributed by atoms with Crippen molar-refractivity contribution in [3.8, 4) is 5.75 Å². The molecule has 0 unspecified atom stereocenters. The zero-order chi connectivity index (χ0) is 19.9. The molecule has 28 heavy (non-hydrogen) atoms. The van der Waals surface area contributed by atoms with Gasteiger partial charge in [0.05, 0.1) is 11.9 Å². The molecule has 2 aromatic carbocycles. The molecule has 1 heterocycles. The van der Waals surface area contributed by atoms with Gasteiger partial charge >= 0.3 is 0 Å². The summed E-state index contributed by atoms with van der Waals surface area (Å²) >= 11 is 0. The van der Waals surface area contributed by atoms with E-state index in [1.807, 2.05) is 80.5 Å². The molecule has 0 radical (unpaired) electrons. The van der Waals surface area contributed by atoms with E-state index in [0.717, 1.165) is 16.9 Å². The van der Waals surface area contributed by atoms with Crippen molar-refractivity contribution in [1.29, 1.82) is 0 Å². The van der Waals surface area contributed by atoms with E-state index >= 15 is 0 Å². The summed E-state index contributed by atoms with van der Waals surface area (Å²) in [7, 11) is 3.89. The van der Waals surface area contributed by atoms with Crippen LogP contribution in [0, 0.1) is 6.92 Å². The van der Waals surface area contributed by atoms with Crippen LogP contribution in [0.15, 0.2) is 60.8 Å². The van der Waals surface area contributed by atoms with Gasteiger partial charge in [-0.3, -0.25) is 4.79 Å². The van der Waals surface area contributed by atoms with Crippen LogP contribution in [0.3, 0.4) is 0 Å². The van der Waals surface area contributed by atoms with Crippen LogP contribution < -0.4 is 20.3 Å². The van der Waals surface area contributed by atoms with Crippen molar-refractivity contribution in [1.82, 2.24) is 10.2 Å². The molecule has 144 valence electrons. The highest BCUT2D eigenvalue weighted by atomic mass is 16.5. The number of hydrogen-bond acceptors (Lipinski definition) is 6. The molecule has 2 N–H and O–H groups in total. The SMILES string of the molecule is Cc1cccc(OCC(=O)Nc2ccc(Nc3cc(N(C)C)cnn3)cc2)c1. The third-order valence-corrected chi connectivity index (χ3v) is 3.96. The second kappa shape index (κ2) is 8.85. The van der Waals surface area contributed by atoms with Gasteiger partial charge in [0.1, 0.15) is 5.75 Å². The first-order valence-corrected chi connectivity index (χ1v) is 8.86. The Morgan fingerprint density at radius 1 is 1.07 bits per heavy atom. The Balaban J connectivity index is 1.54. The lowest BCUT2D eigenvalue weighted by Gasteiger charge is -2.13. The van der Waals surface area contributed by atoms with E-state index in [2.05, 4.69) is 20.8 Å². The van der Waals surface area contributed by atoms with Crippen LogP contribution in [0.2, 0.25) is 0 Å². The average molecular weight is 377 g/mol. The number of carbonyl (C=O) groups excluding carboxylic acids is 1. The Bertz CT molecular complexity index is 942. The Kier molecular flexibility index (Phi) is 6.06. The van der Waals surface area contributed by atoms with Gasteiger partial charge in [0, 0.05) is 31.5 Å². The summed E-state index contributed by atoms with van der Waals surface area (Å²) in [6, 6.07) is 16.9. The summed E-state index contributed by atoms with van der Waals surface area (Å²) < 4.78 is 5.51. The third kappa shape index (κ3) is 5.44. The first-order valence-electron chi connectivity index (χ1n) is 8.86. The van der Waals surface area contributed by atoms with Crippen LogP contribution in [0.1, 0.15) is 5.56 Å². The van der Waals surface area contributed by atoms with E-state index in [9.17, 15) is 4.79 Å². The molecule has 7 heteroatoms. The Morgan fingerprint density at radius 3 is 2.54 bits per heavy atom. The summed E-state index contributed by atoms with van der Waals surface area (Å²) in [5.41, 5.74) is 3.58. The van der Waals surface area contributed by atoms with E-state index in [-0.39, 0.29) is 12.5 Å². The van der Waals surface area contributed by atoms with Gasteiger partial charge in [-0.25, -0.2) is 0 Å². The maximum Gasteiger partial charge on any atom is 0.262 e. The van der Waals surface area contributed by atoms with Crippen LogP contribution in [0.5, 0.6) is 5.75 Å². The van der Waals surface area contributed by atoms with E-state index in [1.54, 1.807) is 6.20 Å². The molecule has 0 atom stereocenters. The summed E-state index contributed by atoms with van der Waals surface area (Å²) in [6.07, 6.45) is 1.70. The molecule has 1 aromatic heterocycles. The molecule has 3 rings (SSSR count). The van der Waals surface area contributed by atoms with Gasteiger partial charge < -0.3 is 20.3 Å². The van der Waals surface area contributed by atoms with Crippen LogP contribution in [0.25, 0.3) is 0 Å². The first kappa shape index (κ1) is 19.2. The largest absolute Gasteiger partial charge is 0.484 e. The summed E-state index contributed by atoms with van der Waals surface area (Å²) in [4.78, 5) is 14.0. The topological polar surface area (TPSA) is 79.4 Å². The smallest absolute Gasteiger partial charge is 0.262 e. The highest BCUT2D eigenvalue weighted by Crippen LogP contribution is 2.20. The van der Waals surface area contributed by atoms with Gasteiger partial charge in [0.25, 0.3) is 5.91 Å². The zero-order valence-electron chi connectivity index (χ0n) is 16.1. The van der Waals surface area contributed by atoms with Gasteiger partial charge in [0.2, 0.25) is 0 Å². The van der Waals surface area contributed by atoms with E-state index in [1.165, 1.54) is 0 Å². The third-order valence-electron chi connectivity index (χ3n) is 3.96. The van der Waals surface area contributed by atoms with Crippen LogP contribution >= 0.6 is 0 Å². The number of anilines is 4. The Labute approximate surface area is 164 Å². The van der Waals surface area contributed by atoms with Crippen molar-refractivity contribution in [2.24, 2.45) is 0 Å². The summed E-state index contributed by atoms with van der Waals surface area (Å²) in [6.45, 7) is 1.93. The summed E-state index contributed by atoms with van der Waals surface area (Å²) in [5.74, 6) is 1.11. The lowest BCUT2D eigenvalue weighted by atomic mass is 10.2. The molecule has 0 saturated carbocycles. The average Bonchev–Trinajstić information content (AvgIpc) is 2.68. The van der Waals surface area contributed by atoms with Gasteiger partial charge in [-0.15, -0.1) is 5.10 Å². The van der Waals surface area contributed by atoms with Crippen molar-refractivity contribution >= 4 is 28.8 Å². The van der Waals surface area contributed by atoms with E-state index in [4.69, 9.17) is 4.74 Å². The maximum atomic E-state index is 12.1. The number of rotatable bonds is 7. The Morgan fingerprint density at radius 2 is 1.82 bits per heavy atom. The first-order chi connectivity index (χ1) is 13.5. The molecule has 0 saturated heterocycles. The number of ether oxygens (including phenoxy) is 1. The minimum absolute atomic E-state index is 0.0453. The maximum absolute atomic E-state index is 12.1. The second-order valence-electron chi connectivity index (χ2n) is 6.55. The predicted molar refractivity (Wildman–Crippen MR) is 111 cm³/mol. The number of nitrogens with zero attached hydrogens (tertiary/aromatic N) is 3. The summed E-state index contributed by atoms with van der Waals surface area (Å²) in [5, 5.41) is 14.1. The van der Waals surface area contributed by atoms with Crippen LogP contribution in [-0.4, -0.2) is 36.8 Å². The number of aromatic nitrogens is 2. The molecular weight excluding hydrogens is 354 g/mol. The molecule has 7 nitrogen and oxygen atoms in total. The number of hydrogen-bond donors (Lipinski definition) is 2. The lowest BCUT2D eigenvalue weighted by Crippen LogP contribution is -2.20. The number of benzene rings is 2. The minimum Gasteiger partial charge on any atom is -0.484 e. The molecule has 0 spiro atoms. The van der Waals surface area contributed by atoms with Crippen LogP contribution in [-0.2, 0) is 4.79 Å². The van der Waals surface area contributed by atoms with Crippen LogP contribution in [0.4, 0.5) is 22.9 Å². The fourth-order valence-electron chi connectivity index (χ4n) is 2.50. The molecular formula is C21H23N5O2. The van der Waals surface area contributed by atoms with Crippen molar-refractivity contribution in [2.45, 2.75) is 6.92 Å². The normalized spacial score (nSPS) is 10.2. The minimum atomic E-state index is -0.216. The number of carbonyl (C=O) groups is 1. The standard InChI is InChI=1S/C21H23N5O2/c1-15-5-4-6-19(11-15)28-14-21(27)24-17-9-7-16(8-10-17)23-20-12-18(26(2)3)13-22-25-20/h4-13H,14H2,1-3H3,(H,23,25)(H,24,27). The van der Waals surface area contributed by atoms with Crippen molar-refractivity contribution < 1.29 is 9.53 Å². The fourth-order valence-corrected chi connectivity index (χ4v) is 2.50. The molecule has 0 aliphatic carbocycles. The Hall–Kier alpha value is -3.61.